The fourth-order valence-corrected chi connectivity index (χ4v) is 1.41. The molecule has 0 spiro atoms. The molecule has 0 bridgehead atoms. The van der Waals surface area contributed by atoms with Gasteiger partial charge in [-0.25, -0.2) is 0 Å². The van der Waals surface area contributed by atoms with E-state index < -0.39 is 0 Å². The lowest BCUT2D eigenvalue weighted by molar-refractivity contribution is 0.104. The minimum atomic E-state index is 0.0650. The van der Waals surface area contributed by atoms with Crippen molar-refractivity contribution in [2.24, 2.45) is 0 Å². The predicted molar refractivity (Wildman–Crippen MR) is 57.4 cm³/mol. The predicted octanol–water partition coefficient (Wildman–Crippen LogP) is 3.17. The van der Waals surface area contributed by atoms with E-state index in [9.17, 15) is 4.79 Å². The monoisotopic (exact) mass is 192 g/mol. The summed E-state index contributed by atoms with van der Waals surface area (Å²) in [7, 11) is 0. The summed E-state index contributed by atoms with van der Waals surface area (Å²) in [5.74, 6) is 0.0650. The molecule has 0 aliphatic carbocycles. The number of hydrogen-bond donors (Lipinski definition) is 0. The van der Waals surface area contributed by atoms with Crippen LogP contribution in [0.1, 0.15) is 17.3 Å². The van der Waals surface area contributed by atoms with Gasteiger partial charge in [0.1, 0.15) is 0 Å². The second-order valence-electron chi connectivity index (χ2n) is 2.59. The molecule has 0 aromatic heterocycles. The summed E-state index contributed by atoms with van der Waals surface area (Å²) in [6, 6.07) is 7.63. The molecule has 1 nitrogen and oxygen atoms in total. The summed E-state index contributed by atoms with van der Waals surface area (Å²) in [6.45, 7) is 1.84. The summed E-state index contributed by atoms with van der Waals surface area (Å²) >= 11 is 1.67. The summed E-state index contributed by atoms with van der Waals surface area (Å²) in [6.07, 6.45) is 5.35. The van der Waals surface area contributed by atoms with E-state index in [2.05, 4.69) is 0 Å². The zero-order valence-electron chi connectivity index (χ0n) is 7.78. The first-order chi connectivity index (χ1) is 6.27. The van der Waals surface area contributed by atoms with Crippen LogP contribution >= 0.6 is 11.8 Å². The van der Waals surface area contributed by atoms with Gasteiger partial charge in [0.05, 0.1) is 0 Å². The molecule has 0 aliphatic heterocycles. The Morgan fingerprint density at radius 2 is 1.92 bits per heavy atom. The maximum absolute atomic E-state index is 11.4. The third-order valence-electron chi connectivity index (χ3n) is 1.69. The van der Waals surface area contributed by atoms with Crippen LogP contribution in [-0.2, 0) is 0 Å². The summed E-state index contributed by atoms with van der Waals surface area (Å²) < 4.78 is 0. The molecule has 68 valence electrons. The molecule has 0 N–H and O–H groups in total. The standard InChI is InChI=1S/C11H12OS/c1-3-4-11(12)9-5-7-10(13-2)8-6-9/h3-8H,1-2H3/b4-3+. The van der Waals surface area contributed by atoms with Crippen LogP contribution in [0.25, 0.3) is 0 Å². The van der Waals surface area contributed by atoms with Gasteiger partial charge < -0.3 is 0 Å². The average Bonchev–Trinajstić information content (AvgIpc) is 2.18. The highest BCUT2D eigenvalue weighted by atomic mass is 32.2. The lowest BCUT2D eigenvalue weighted by Gasteiger charge is -1.97. The molecular weight excluding hydrogens is 180 g/mol. The van der Waals surface area contributed by atoms with Crippen molar-refractivity contribution in [1.82, 2.24) is 0 Å². The Kier molecular flexibility index (Phi) is 3.77. The van der Waals surface area contributed by atoms with Crippen molar-refractivity contribution in [2.75, 3.05) is 6.26 Å². The van der Waals surface area contributed by atoms with Gasteiger partial charge in [0.25, 0.3) is 0 Å². The molecule has 0 radical (unpaired) electrons. The first kappa shape index (κ1) is 10.1. The Morgan fingerprint density at radius 1 is 1.31 bits per heavy atom. The smallest absolute Gasteiger partial charge is 0.185 e. The van der Waals surface area contributed by atoms with Crippen LogP contribution in [0.2, 0.25) is 0 Å². The second-order valence-corrected chi connectivity index (χ2v) is 3.47. The zero-order chi connectivity index (χ0) is 9.68. The minimum Gasteiger partial charge on any atom is -0.289 e. The van der Waals surface area contributed by atoms with Crippen molar-refractivity contribution in [1.29, 1.82) is 0 Å². The second kappa shape index (κ2) is 4.87. The van der Waals surface area contributed by atoms with E-state index in [1.54, 1.807) is 23.9 Å². The van der Waals surface area contributed by atoms with E-state index >= 15 is 0 Å². The van der Waals surface area contributed by atoms with E-state index in [4.69, 9.17) is 0 Å². The van der Waals surface area contributed by atoms with Crippen LogP contribution in [0.15, 0.2) is 41.3 Å². The molecule has 13 heavy (non-hydrogen) atoms. The van der Waals surface area contributed by atoms with Crippen LogP contribution in [0.4, 0.5) is 0 Å². The molecule has 0 saturated heterocycles. The molecule has 0 heterocycles. The van der Waals surface area contributed by atoms with Gasteiger partial charge in [0, 0.05) is 10.5 Å². The molecule has 0 unspecified atom stereocenters. The van der Waals surface area contributed by atoms with Crippen molar-refractivity contribution >= 4 is 17.5 Å². The Morgan fingerprint density at radius 3 is 2.38 bits per heavy atom. The molecule has 1 aromatic carbocycles. The molecule has 0 atom stereocenters. The van der Waals surface area contributed by atoms with Gasteiger partial charge in [-0.1, -0.05) is 6.08 Å². The first-order valence-electron chi connectivity index (χ1n) is 4.09. The Bertz CT molecular complexity index is 311. The Hall–Kier alpha value is -1.02. The van der Waals surface area contributed by atoms with Crippen LogP contribution < -0.4 is 0 Å². The van der Waals surface area contributed by atoms with E-state index in [-0.39, 0.29) is 5.78 Å². The van der Waals surface area contributed by atoms with E-state index in [1.165, 1.54) is 4.90 Å². The maximum atomic E-state index is 11.4. The quantitative estimate of drug-likeness (QED) is 0.415. The number of carbonyl (C=O) groups is 1. The van der Waals surface area contributed by atoms with Gasteiger partial charge in [0.15, 0.2) is 5.78 Å². The molecule has 1 aromatic rings. The fourth-order valence-electron chi connectivity index (χ4n) is 1.00. The van der Waals surface area contributed by atoms with E-state index in [0.29, 0.717) is 0 Å². The summed E-state index contributed by atoms with van der Waals surface area (Å²) in [5, 5.41) is 0. The number of benzene rings is 1. The van der Waals surface area contributed by atoms with Crippen molar-refractivity contribution in [2.45, 2.75) is 11.8 Å². The van der Waals surface area contributed by atoms with Gasteiger partial charge in [-0.05, 0) is 43.5 Å². The van der Waals surface area contributed by atoms with Crippen LogP contribution in [-0.4, -0.2) is 12.0 Å². The largest absolute Gasteiger partial charge is 0.289 e. The topological polar surface area (TPSA) is 17.1 Å². The molecule has 0 fully saturated rings. The van der Waals surface area contributed by atoms with Crippen molar-refractivity contribution in [3.05, 3.63) is 42.0 Å². The van der Waals surface area contributed by atoms with Crippen LogP contribution in [0, 0.1) is 0 Å². The molecule has 0 amide bonds. The van der Waals surface area contributed by atoms with Gasteiger partial charge in [-0.2, -0.15) is 0 Å². The lowest BCUT2D eigenvalue weighted by atomic mass is 10.1. The molecule has 0 aliphatic rings. The normalized spacial score (nSPS) is 10.6. The molecule has 2 heteroatoms. The number of ketones is 1. The number of thioether (sulfide) groups is 1. The number of allylic oxidation sites excluding steroid dienone is 2. The highest BCUT2D eigenvalue weighted by Gasteiger charge is 1.99. The minimum absolute atomic E-state index is 0.0650. The molecule has 0 saturated carbocycles. The number of rotatable bonds is 3. The van der Waals surface area contributed by atoms with Gasteiger partial charge in [-0.3, -0.25) is 4.79 Å². The first-order valence-corrected chi connectivity index (χ1v) is 5.31. The number of hydrogen-bond acceptors (Lipinski definition) is 2. The Balaban J connectivity index is 2.85. The van der Waals surface area contributed by atoms with Gasteiger partial charge in [0.2, 0.25) is 0 Å². The van der Waals surface area contributed by atoms with Crippen molar-refractivity contribution in [3.63, 3.8) is 0 Å². The maximum Gasteiger partial charge on any atom is 0.185 e. The van der Waals surface area contributed by atoms with Crippen LogP contribution in [0.5, 0.6) is 0 Å². The van der Waals surface area contributed by atoms with E-state index in [0.717, 1.165) is 5.56 Å². The third-order valence-corrected chi connectivity index (χ3v) is 2.44. The highest BCUT2D eigenvalue weighted by Crippen LogP contribution is 2.15. The Labute approximate surface area is 82.9 Å². The van der Waals surface area contributed by atoms with Crippen molar-refractivity contribution in [3.8, 4) is 0 Å². The SMILES string of the molecule is C/C=C/C(=O)c1ccc(SC)cc1. The van der Waals surface area contributed by atoms with Crippen molar-refractivity contribution < 1.29 is 4.79 Å². The van der Waals surface area contributed by atoms with E-state index in [1.807, 2.05) is 37.4 Å². The summed E-state index contributed by atoms with van der Waals surface area (Å²) in [4.78, 5) is 12.5. The van der Waals surface area contributed by atoms with Crippen LogP contribution in [0.3, 0.4) is 0 Å². The zero-order valence-corrected chi connectivity index (χ0v) is 8.60. The summed E-state index contributed by atoms with van der Waals surface area (Å²) in [5.41, 5.74) is 0.746. The highest BCUT2D eigenvalue weighted by molar-refractivity contribution is 7.98. The molecular formula is C11H12OS. The lowest BCUT2D eigenvalue weighted by Crippen LogP contribution is -1.92. The molecule has 1 rings (SSSR count). The average molecular weight is 192 g/mol. The number of carbonyl (C=O) groups excluding carboxylic acids is 1. The van der Waals surface area contributed by atoms with Gasteiger partial charge in [-0.15, -0.1) is 11.8 Å². The fraction of sp³-hybridized carbons (Fsp3) is 0.182. The van der Waals surface area contributed by atoms with Gasteiger partial charge >= 0.3 is 0 Å². The third kappa shape index (κ3) is 2.74.